The van der Waals surface area contributed by atoms with Crippen LogP contribution >= 0.6 is 0 Å². The lowest BCUT2D eigenvalue weighted by Crippen LogP contribution is -1.94. The Morgan fingerprint density at radius 3 is 1.57 bits per heavy atom. The van der Waals surface area contributed by atoms with Crippen LogP contribution in [0.1, 0.15) is 91.4 Å². The van der Waals surface area contributed by atoms with Gasteiger partial charge in [0.2, 0.25) is 0 Å². The summed E-state index contributed by atoms with van der Waals surface area (Å²) in [5.41, 5.74) is 0. The highest BCUT2D eigenvalue weighted by Gasteiger charge is 1.97. The van der Waals surface area contributed by atoms with Gasteiger partial charge in [0.1, 0.15) is 0 Å². The summed E-state index contributed by atoms with van der Waals surface area (Å²) in [6.07, 6.45) is 10.5. The van der Waals surface area contributed by atoms with Crippen LogP contribution < -0.4 is 0 Å². The quantitative estimate of drug-likeness (QED) is 0.491. The summed E-state index contributed by atoms with van der Waals surface area (Å²) in [5, 5.41) is 16.6. The Balaban J connectivity index is 0. The molecule has 0 heterocycles. The van der Waals surface area contributed by atoms with Gasteiger partial charge in [0.05, 0.1) is 0 Å². The Morgan fingerprint density at radius 2 is 1.19 bits per heavy atom. The summed E-state index contributed by atoms with van der Waals surface area (Å²) in [4.78, 5) is 20.1. The number of aliphatic carboxylic acids is 2. The lowest BCUT2D eigenvalue weighted by molar-refractivity contribution is -0.138. The normalized spacial score (nSPS) is 10.1. The summed E-state index contributed by atoms with van der Waals surface area (Å²) in [6, 6.07) is 0. The van der Waals surface area contributed by atoms with Gasteiger partial charge in [-0.25, -0.2) is 0 Å². The zero-order valence-electron chi connectivity index (χ0n) is 14.1. The molecule has 0 bridgehead atoms. The van der Waals surface area contributed by atoms with Crippen molar-refractivity contribution in [2.75, 3.05) is 0 Å². The van der Waals surface area contributed by atoms with E-state index in [1.165, 1.54) is 32.1 Å². The van der Waals surface area contributed by atoms with E-state index in [4.69, 9.17) is 10.2 Å². The topological polar surface area (TPSA) is 74.6 Å². The minimum atomic E-state index is -0.672. The molecule has 0 atom stereocenters. The van der Waals surface area contributed by atoms with Crippen molar-refractivity contribution in [3.05, 3.63) is 0 Å². The first kappa shape index (κ1) is 22.2. The second kappa shape index (κ2) is 17.0. The largest absolute Gasteiger partial charge is 0.481 e. The number of carboxylic acid groups (broad SMARTS) is 2. The van der Waals surface area contributed by atoms with Crippen LogP contribution in [0.3, 0.4) is 0 Å². The van der Waals surface area contributed by atoms with Crippen molar-refractivity contribution < 1.29 is 19.8 Å². The molecule has 21 heavy (non-hydrogen) atoms. The number of carbonyl (C=O) groups is 2. The molecule has 2 N–H and O–H groups in total. The fourth-order valence-corrected chi connectivity index (χ4v) is 1.89. The zero-order valence-corrected chi connectivity index (χ0v) is 14.1. The maximum atomic E-state index is 10.1. The van der Waals surface area contributed by atoms with Gasteiger partial charge in [-0.3, -0.25) is 9.59 Å². The first-order valence-corrected chi connectivity index (χ1v) is 8.33. The molecule has 0 aliphatic carbocycles. The average Bonchev–Trinajstić information content (AvgIpc) is 2.38. The maximum Gasteiger partial charge on any atom is 0.303 e. The van der Waals surface area contributed by atoms with E-state index in [9.17, 15) is 9.59 Å². The zero-order chi connectivity index (χ0) is 16.5. The molecule has 0 fully saturated rings. The van der Waals surface area contributed by atoms with E-state index in [-0.39, 0.29) is 0 Å². The Morgan fingerprint density at radius 1 is 0.762 bits per heavy atom. The van der Waals surface area contributed by atoms with Crippen LogP contribution in [0.15, 0.2) is 0 Å². The number of rotatable bonds is 12. The molecule has 4 heteroatoms. The SMILES string of the molecule is CC(C)CCCCCC(=O)O.CCCCCCCC(=O)O. The van der Waals surface area contributed by atoms with Gasteiger partial charge in [0, 0.05) is 12.8 Å². The monoisotopic (exact) mass is 302 g/mol. The standard InChI is InChI=1S/C9H18O2.C8H16O2/c1-8(2)6-4-3-5-7-9(10)11;1-2-3-4-5-6-7-8(9)10/h8H,3-7H2,1-2H3,(H,10,11);2-7H2,1H3,(H,9,10). The summed E-state index contributed by atoms with van der Waals surface area (Å²) in [5.74, 6) is -0.592. The second-order valence-electron chi connectivity index (χ2n) is 5.94. The highest BCUT2D eigenvalue weighted by atomic mass is 16.4. The summed E-state index contributed by atoms with van der Waals surface area (Å²) >= 11 is 0. The Bertz CT molecular complexity index is 249. The van der Waals surface area contributed by atoms with Gasteiger partial charge in [-0.2, -0.15) is 0 Å². The predicted octanol–water partition coefficient (Wildman–Crippen LogP) is 5.11. The van der Waals surface area contributed by atoms with E-state index in [2.05, 4.69) is 20.8 Å². The maximum absolute atomic E-state index is 10.1. The fraction of sp³-hybridized carbons (Fsp3) is 0.882. The van der Waals surface area contributed by atoms with E-state index in [1.54, 1.807) is 0 Å². The van der Waals surface area contributed by atoms with Crippen molar-refractivity contribution in [1.82, 2.24) is 0 Å². The molecular weight excluding hydrogens is 268 g/mol. The van der Waals surface area contributed by atoms with Crippen molar-refractivity contribution in [1.29, 1.82) is 0 Å². The molecule has 0 aliphatic rings. The Hall–Kier alpha value is -1.06. The van der Waals surface area contributed by atoms with Crippen LogP contribution in [0.4, 0.5) is 0 Å². The van der Waals surface area contributed by atoms with Crippen LogP contribution in [0.25, 0.3) is 0 Å². The van der Waals surface area contributed by atoms with E-state index >= 15 is 0 Å². The molecule has 0 aliphatic heterocycles. The number of unbranched alkanes of at least 4 members (excludes halogenated alkanes) is 6. The smallest absolute Gasteiger partial charge is 0.303 e. The lowest BCUT2D eigenvalue weighted by Gasteiger charge is -2.02. The van der Waals surface area contributed by atoms with E-state index in [0.29, 0.717) is 12.8 Å². The van der Waals surface area contributed by atoms with Gasteiger partial charge in [0.15, 0.2) is 0 Å². The molecule has 0 rings (SSSR count). The van der Waals surface area contributed by atoms with Gasteiger partial charge in [-0.15, -0.1) is 0 Å². The van der Waals surface area contributed by atoms with E-state index in [0.717, 1.165) is 31.6 Å². The fourth-order valence-electron chi connectivity index (χ4n) is 1.89. The highest BCUT2D eigenvalue weighted by molar-refractivity contribution is 5.66. The molecule has 0 aromatic heterocycles. The number of carboxylic acids is 2. The molecule has 0 amide bonds. The predicted molar refractivity (Wildman–Crippen MR) is 86.6 cm³/mol. The molecule has 126 valence electrons. The molecule has 0 unspecified atom stereocenters. The van der Waals surface area contributed by atoms with Gasteiger partial charge in [-0.05, 0) is 18.8 Å². The van der Waals surface area contributed by atoms with Gasteiger partial charge >= 0.3 is 11.9 Å². The van der Waals surface area contributed by atoms with Gasteiger partial charge < -0.3 is 10.2 Å². The van der Waals surface area contributed by atoms with Crippen LogP contribution in [-0.2, 0) is 9.59 Å². The molecule has 0 aromatic rings. The molecule has 0 aromatic carbocycles. The highest BCUT2D eigenvalue weighted by Crippen LogP contribution is 2.09. The van der Waals surface area contributed by atoms with Crippen molar-refractivity contribution in [3.8, 4) is 0 Å². The molecule has 0 saturated heterocycles. The van der Waals surface area contributed by atoms with Crippen LogP contribution in [0, 0.1) is 5.92 Å². The van der Waals surface area contributed by atoms with Crippen molar-refractivity contribution in [2.24, 2.45) is 5.92 Å². The van der Waals surface area contributed by atoms with Gasteiger partial charge in [0.25, 0.3) is 0 Å². The third kappa shape index (κ3) is 28.0. The van der Waals surface area contributed by atoms with Crippen molar-refractivity contribution in [2.45, 2.75) is 91.4 Å². The Kier molecular flexibility index (Phi) is 18.0. The Labute approximate surface area is 129 Å². The van der Waals surface area contributed by atoms with E-state index in [1.807, 2.05) is 0 Å². The third-order valence-electron chi connectivity index (χ3n) is 3.17. The molecular formula is C17H34O4. The summed E-state index contributed by atoms with van der Waals surface area (Å²) < 4.78 is 0. The van der Waals surface area contributed by atoms with Crippen molar-refractivity contribution in [3.63, 3.8) is 0 Å². The van der Waals surface area contributed by atoms with E-state index < -0.39 is 11.9 Å². The minimum absolute atomic E-state index is 0.331. The first-order valence-electron chi connectivity index (χ1n) is 8.33. The molecule has 0 radical (unpaired) electrons. The minimum Gasteiger partial charge on any atom is -0.481 e. The lowest BCUT2D eigenvalue weighted by atomic mass is 10.0. The first-order chi connectivity index (χ1) is 9.90. The molecule has 4 nitrogen and oxygen atoms in total. The van der Waals surface area contributed by atoms with Gasteiger partial charge in [-0.1, -0.05) is 65.7 Å². The van der Waals surface area contributed by atoms with Crippen LogP contribution in [-0.4, -0.2) is 22.2 Å². The van der Waals surface area contributed by atoms with Crippen LogP contribution in [0.2, 0.25) is 0 Å². The number of hydrogen-bond donors (Lipinski definition) is 2. The number of hydrogen-bond acceptors (Lipinski definition) is 2. The summed E-state index contributed by atoms with van der Waals surface area (Å²) in [7, 11) is 0. The summed E-state index contributed by atoms with van der Waals surface area (Å²) in [6.45, 7) is 6.53. The molecule has 0 spiro atoms. The molecule has 0 saturated carbocycles. The average molecular weight is 302 g/mol. The third-order valence-corrected chi connectivity index (χ3v) is 3.17. The second-order valence-corrected chi connectivity index (χ2v) is 5.94. The van der Waals surface area contributed by atoms with Crippen molar-refractivity contribution >= 4 is 11.9 Å². The van der Waals surface area contributed by atoms with Crippen LogP contribution in [0.5, 0.6) is 0 Å².